The summed E-state index contributed by atoms with van der Waals surface area (Å²) in [6.07, 6.45) is 2.70. The smallest absolute Gasteiger partial charge is 0.143 e. The Labute approximate surface area is 90.6 Å². The van der Waals surface area contributed by atoms with Crippen LogP contribution in [0.1, 0.15) is 26.0 Å². The van der Waals surface area contributed by atoms with Gasteiger partial charge >= 0.3 is 0 Å². The van der Waals surface area contributed by atoms with Gasteiger partial charge in [-0.3, -0.25) is 10.4 Å². The van der Waals surface area contributed by atoms with Crippen molar-refractivity contribution in [1.29, 1.82) is 5.41 Å². The first-order valence-corrected chi connectivity index (χ1v) is 5.10. The highest BCUT2D eigenvalue weighted by Crippen LogP contribution is 2.19. The Balaban J connectivity index is 3.07. The van der Waals surface area contributed by atoms with E-state index in [0.717, 1.165) is 12.1 Å². The summed E-state index contributed by atoms with van der Waals surface area (Å²) >= 11 is 0. The standard InChI is InChI=1S/C11H18N4/c1-4-8(2)15(3)9-6-5-7-14-10(9)11(12)13/h5-8H,4H2,1-3H3,(H3,12,13). The molecular formula is C11H18N4. The van der Waals surface area contributed by atoms with Crippen molar-refractivity contribution in [3.63, 3.8) is 0 Å². The van der Waals surface area contributed by atoms with Gasteiger partial charge in [0.1, 0.15) is 11.5 Å². The molecule has 1 rings (SSSR count). The Morgan fingerprint density at radius 1 is 1.67 bits per heavy atom. The number of anilines is 1. The molecule has 0 radical (unpaired) electrons. The van der Waals surface area contributed by atoms with Gasteiger partial charge in [0.15, 0.2) is 0 Å². The van der Waals surface area contributed by atoms with Crippen molar-refractivity contribution in [3.05, 3.63) is 24.0 Å². The first-order valence-electron chi connectivity index (χ1n) is 5.10. The van der Waals surface area contributed by atoms with Crippen LogP contribution in [-0.4, -0.2) is 23.9 Å². The number of rotatable bonds is 4. The second-order valence-electron chi connectivity index (χ2n) is 3.65. The van der Waals surface area contributed by atoms with E-state index in [1.54, 1.807) is 6.20 Å². The monoisotopic (exact) mass is 206 g/mol. The number of nitrogens with one attached hydrogen (secondary N) is 1. The normalized spacial score (nSPS) is 12.2. The Bertz CT molecular complexity index is 348. The lowest BCUT2D eigenvalue weighted by molar-refractivity contribution is 0.662. The van der Waals surface area contributed by atoms with E-state index in [4.69, 9.17) is 11.1 Å². The average Bonchev–Trinajstić information content (AvgIpc) is 2.27. The lowest BCUT2D eigenvalue weighted by Gasteiger charge is -2.27. The van der Waals surface area contributed by atoms with Gasteiger partial charge < -0.3 is 10.6 Å². The van der Waals surface area contributed by atoms with Gasteiger partial charge in [-0.15, -0.1) is 0 Å². The summed E-state index contributed by atoms with van der Waals surface area (Å²) in [5, 5.41) is 7.46. The van der Waals surface area contributed by atoms with Gasteiger partial charge in [0.05, 0.1) is 5.69 Å². The summed E-state index contributed by atoms with van der Waals surface area (Å²) < 4.78 is 0. The maximum Gasteiger partial charge on any atom is 0.143 e. The molecule has 1 unspecified atom stereocenters. The van der Waals surface area contributed by atoms with Crippen molar-refractivity contribution in [2.75, 3.05) is 11.9 Å². The van der Waals surface area contributed by atoms with Gasteiger partial charge in [-0.05, 0) is 25.5 Å². The molecule has 1 atom stereocenters. The topological polar surface area (TPSA) is 66.0 Å². The van der Waals surface area contributed by atoms with Crippen LogP contribution in [0.25, 0.3) is 0 Å². The van der Waals surface area contributed by atoms with Gasteiger partial charge in [-0.2, -0.15) is 0 Å². The van der Waals surface area contributed by atoms with Crippen LogP contribution in [0.2, 0.25) is 0 Å². The highest BCUT2D eigenvalue weighted by molar-refractivity contribution is 5.98. The molecule has 15 heavy (non-hydrogen) atoms. The van der Waals surface area contributed by atoms with Crippen LogP contribution in [-0.2, 0) is 0 Å². The third-order valence-electron chi connectivity index (χ3n) is 2.67. The lowest BCUT2D eigenvalue weighted by atomic mass is 10.2. The minimum Gasteiger partial charge on any atom is -0.382 e. The number of pyridine rings is 1. The molecule has 1 aromatic rings. The van der Waals surface area contributed by atoms with Gasteiger partial charge in [0.2, 0.25) is 0 Å². The van der Waals surface area contributed by atoms with Gasteiger partial charge in [-0.25, -0.2) is 0 Å². The van der Waals surface area contributed by atoms with E-state index in [1.807, 2.05) is 19.2 Å². The summed E-state index contributed by atoms with van der Waals surface area (Å²) in [4.78, 5) is 6.23. The zero-order valence-corrected chi connectivity index (χ0v) is 9.49. The molecular weight excluding hydrogens is 188 g/mol. The van der Waals surface area contributed by atoms with Gasteiger partial charge in [-0.1, -0.05) is 6.92 Å². The third-order valence-corrected chi connectivity index (χ3v) is 2.67. The second-order valence-corrected chi connectivity index (χ2v) is 3.65. The number of nitrogens with zero attached hydrogens (tertiary/aromatic N) is 2. The summed E-state index contributed by atoms with van der Waals surface area (Å²) in [6, 6.07) is 4.21. The quantitative estimate of drug-likeness (QED) is 0.581. The van der Waals surface area contributed by atoms with Crippen molar-refractivity contribution in [3.8, 4) is 0 Å². The van der Waals surface area contributed by atoms with Crippen molar-refractivity contribution in [2.45, 2.75) is 26.3 Å². The molecule has 82 valence electrons. The summed E-state index contributed by atoms with van der Waals surface area (Å²) in [5.41, 5.74) is 6.96. The molecule has 1 aromatic heterocycles. The Hall–Kier alpha value is -1.58. The molecule has 0 aliphatic rings. The fraction of sp³-hybridized carbons (Fsp3) is 0.455. The van der Waals surface area contributed by atoms with Crippen LogP contribution in [0.5, 0.6) is 0 Å². The molecule has 0 fully saturated rings. The van der Waals surface area contributed by atoms with E-state index in [1.165, 1.54) is 0 Å². The van der Waals surface area contributed by atoms with Crippen LogP contribution in [0, 0.1) is 5.41 Å². The van der Waals surface area contributed by atoms with Crippen LogP contribution < -0.4 is 10.6 Å². The minimum absolute atomic E-state index is 0.0146. The van der Waals surface area contributed by atoms with Gasteiger partial charge in [0.25, 0.3) is 0 Å². The zero-order valence-electron chi connectivity index (χ0n) is 9.49. The fourth-order valence-electron chi connectivity index (χ4n) is 1.40. The summed E-state index contributed by atoms with van der Waals surface area (Å²) in [5.74, 6) is 0.0146. The first-order chi connectivity index (χ1) is 7.07. The highest BCUT2D eigenvalue weighted by atomic mass is 15.1. The van der Waals surface area contributed by atoms with E-state index in [0.29, 0.717) is 11.7 Å². The van der Waals surface area contributed by atoms with Crippen LogP contribution in [0.3, 0.4) is 0 Å². The number of aromatic nitrogens is 1. The molecule has 3 N–H and O–H groups in total. The van der Waals surface area contributed by atoms with Crippen LogP contribution in [0.4, 0.5) is 5.69 Å². The maximum atomic E-state index is 7.46. The first kappa shape index (κ1) is 11.5. The van der Waals surface area contributed by atoms with E-state index in [2.05, 4.69) is 23.7 Å². The van der Waals surface area contributed by atoms with Gasteiger partial charge in [0, 0.05) is 19.3 Å². The lowest BCUT2D eigenvalue weighted by Crippen LogP contribution is -2.30. The number of nitrogen functional groups attached to an aromatic ring is 1. The molecule has 0 aromatic carbocycles. The minimum atomic E-state index is 0.0146. The van der Waals surface area contributed by atoms with Crippen molar-refractivity contribution < 1.29 is 0 Å². The van der Waals surface area contributed by atoms with E-state index in [9.17, 15) is 0 Å². The SMILES string of the molecule is CCC(C)N(C)c1cccnc1C(=N)N. The fourth-order valence-corrected chi connectivity index (χ4v) is 1.40. The molecule has 4 nitrogen and oxygen atoms in total. The largest absolute Gasteiger partial charge is 0.382 e. The Morgan fingerprint density at radius 2 is 2.33 bits per heavy atom. The third kappa shape index (κ3) is 2.46. The van der Waals surface area contributed by atoms with Crippen molar-refractivity contribution in [2.24, 2.45) is 5.73 Å². The van der Waals surface area contributed by atoms with Crippen molar-refractivity contribution in [1.82, 2.24) is 4.98 Å². The maximum absolute atomic E-state index is 7.46. The number of hydrogen-bond acceptors (Lipinski definition) is 3. The number of hydrogen-bond donors (Lipinski definition) is 2. The molecule has 0 amide bonds. The number of nitrogens with two attached hydrogens (primary N) is 1. The molecule has 1 heterocycles. The molecule has 0 bridgehead atoms. The highest BCUT2D eigenvalue weighted by Gasteiger charge is 2.13. The molecule has 0 aliphatic carbocycles. The van der Waals surface area contributed by atoms with E-state index >= 15 is 0 Å². The molecule has 0 aliphatic heterocycles. The number of amidine groups is 1. The average molecular weight is 206 g/mol. The Kier molecular flexibility index (Phi) is 3.66. The van der Waals surface area contributed by atoms with Crippen LogP contribution >= 0.6 is 0 Å². The predicted octanol–water partition coefficient (Wildman–Crippen LogP) is 1.60. The molecule has 0 spiro atoms. The Morgan fingerprint density at radius 3 is 2.87 bits per heavy atom. The zero-order chi connectivity index (χ0) is 11.4. The molecule has 0 saturated heterocycles. The molecule has 0 saturated carbocycles. The second kappa shape index (κ2) is 4.77. The van der Waals surface area contributed by atoms with E-state index in [-0.39, 0.29) is 5.84 Å². The summed E-state index contributed by atoms with van der Waals surface area (Å²) in [6.45, 7) is 4.27. The van der Waals surface area contributed by atoms with Crippen LogP contribution in [0.15, 0.2) is 18.3 Å². The van der Waals surface area contributed by atoms with Crippen molar-refractivity contribution >= 4 is 11.5 Å². The molecule has 4 heteroatoms. The van der Waals surface area contributed by atoms with E-state index < -0.39 is 0 Å². The predicted molar refractivity (Wildman–Crippen MR) is 63.4 cm³/mol. The summed E-state index contributed by atoms with van der Waals surface area (Å²) in [7, 11) is 2.00.